The number of aromatic nitrogens is 1. The number of carbonyl (C=O) groups excluding carboxylic acids is 1. The van der Waals surface area contributed by atoms with Crippen LogP contribution in [0.25, 0.3) is 11.1 Å². The van der Waals surface area contributed by atoms with Crippen LogP contribution in [0, 0.1) is 11.3 Å². The van der Waals surface area contributed by atoms with Crippen molar-refractivity contribution in [3.05, 3.63) is 81.2 Å². The fourth-order valence-electron chi connectivity index (χ4n) is 3.83. The lowest BCUT2D eigenvalue weighted by molar-refractivity contribution is -0.119. The molecule has 3 aromatic rings. The summed E-state index contributed by atoms with van der Waals surface area (Å²) >= 11 is 10.2. The van der Waals surface area contributed by atoms with Gasteiger partial charge in [0.1, 0.15) is 11.8 Å². The average molecular weight is 524 g/mol. The average Bonchev–Trinajstić information content (AvgIpc) is 3.31. The zero-order chi connectivity index (χ0) is 25.8. The first-order chi connectivity index (χ1) is 17.3. The fourth-order valence-corrected chi connectivity index (χ4v) is 4.17. The molecule has 2 N–H and O–H groups in total. The number of hydrogen-bond acceptors (Lipinski definition) is 8. The summed E-state index contributed by atoms with van der Waals surface area (Å²) in [5, 5.41) is 12.8. The SMILES string of the molecule is CCC(C(=O)Nc1ccc(C2=NC(S)ON2)cc1)n1cc(OC)c(-c2cc(Cl)ccc2C#N)cc1=O. The van der Waals surface area contributed by atoms with Crippen LogP contribution in [0.15, 0.2) is 64.5 Å². The number of nitrogens with one attached hydrogen (secondary N) is 2. The van der Waals surface area contributed by atoms with Gasteiger partial charge in [0.2, 0.25) is 11.5 Å². The Labute approximate surface area is 217 Å². The number of hydrogen-bond donors (Lipinski definition) is 3. The van der Waals surface area contributed by atoms with E-state index in [1.165, 1.54) is 23.9 Å². The third-order valence-corrected chi connectivity index (χ3v) is 6.06. The maximum Gasteiger partial charge on any atom is 0.252 e. The van der Waals surface area contributed by atoms with Crippen molar-refractivity contribution < 1.29 is 14.4 Å². The number of hydroxylamine groups is 1. The number of carbonyl (C=O) groups is 1. The van der Waals surface area contributed by atoms with Crippen LogP contribution in [0.4, 0.5) is 5.69 Å². The number of anilines is 1. The van der Waals surface area contributed by atoms with E-state index in [-0.39, 0.29) is 5.91 Å². The third kappa shape index (κ3) is 5.23. The first-order valence-corrected chi connectivity index (χ1v) is 11.8. The highest BCUT2D eigenvalue weighted by molar-refractivity contribution is 7.80. The summed E-state index contributed by atoms with van der Waals surface area (Å²) < 4.78 is 6.84. The number of amidine groups is 1. The Balaban J connectivity index is 1.61. The number of amides is 1. The van der Waals surface area contributed by atoms with Crippen LogP contribution in [-0.4, -0.2) is 29.0 Å². The highest BCUT2D eigenvalue weighted by Gasteiger charge is 2.23. The molecule has 11 heteroatoms. The van der Waals surface area contributed by atoms with Crippen molar-refractivity contribution >= 4 is 41.7 Å². The van der Waals surface area contributed by atoms with Crippen molar-refractivity contribution in [2.45, 2.75) is 24.9 Å². The minimum absolute atomic E-state index is 0.332. The van der Waals surface area contributed by atoms with Gasteiger partial charge in [0.05, 0.1) is 24.9 Å². The molecule has 184 valence electrons. The Morgan fingerprint density at radius 1 is 1.31 bits per heavy atom. The number of benzene rings is 2. The maximum absolute atomic E-state index is 13.1. The van der Waals surface area contributed by atoms with Crippen LogP contribution in [0.3, 0.4) is 0 Å². The summed E-state index contributed by atoms with van der Waals surface area (Å²) in [5.74, 6) is 0.508. The van der Waals surface area contributed by atoms with E-state index in [4.69, 9.17) is 21.2 Å². The summed E-state index contributed by atoms with van der Waals surface area (Å²) in [4.78, 5) is 35.5. The van der Waals surface area contributed by atoms with E-state index in [0.29, 0.717) is 45.4 Å². The molecule has 1 aliphatic heterocycles. The number of ether oxygens (including phenoxy) is 1. The zero-order valence-corrected chi connectivity index (χ0v) is 21.0. The van der Waals surface area contributed by atoms with Gasteiger partial charge in [0.15, 0.2) is 5.84 Å². The van der Waals surface area contributed by atoms with Crippen LogP contribution < -0.4 is 21.1 Å². The smallest absolute Gasteiger partial charge is 0.252 e. The lowest BCUT2D eigenvalue weighted by Crippen LogP contribution is -2.32. The Morgan fingerprint density at radius 3 is 2.67 bits per heavy atom. The highest BCUT2D eigenvalue weighted by atomic mass is 35.5. The third-order valence-electron chi connectivity index (χ3n) is 5.61. The number of thiol groups is 1. The van der Waals surface area contributed by atoms with Crippen molar-refractivity contribution in [2.24, 2.45) is 4.99 Å². The monoisotopic (exact) mass is 523 g/mol. The minimum atomic E-state index is -0.797. The van der Waals surface area contributed by atoms with E-state index >= 15 is 0 Å². The van der Waals surface area contributed by atoms with Gasteiger partial charge in [-0.05, 0) is 48.9 Å². The molecule has 2 aromatic carbocycles. The van der Waals surface area contributed by atoms with Crippen LogP contribution >= 0.6 is 24.2 Å². The standard InChI is InChI=1S/C25H22ClN5O4S/c1-3-20(24(33)28-17-8-5-14(6-9-17)23-29-25(36)35-30-23)31-13-21(34-2)19(11-22(31)32)18-10-16(26)7-4-15(18)12-27/h4-11,13,20,25,36H,3H2,1-2H3,(H,28,33)(H,29,30). The summed E-state index contributed by atoms with van der Waals surface area (Å²) in [6, 6.07) is 14.4. The van der Waals surface area contributed by atoms with Gasteiger partial charge >= 0.3 is 0 Å². The lowest BCUT2D eigenvalue weighted by Gasteiger charge is -2.20. The van der Waals surface area contributed by atoms with Crippen molar-refractivity contribution in [1.82, 2.24) is 10.0 Å². The zero-order valence-electron chi connectivity index (χ0n) is 19.4. The Kier molecular flexibility index (Phi) is 7.64. The first-order valence-electron chi connectivity index (χ1n) is 10.9. The van der Waals surface area contributed by atoms with Crippen molar-refractivity contribution in [2.75, 3.05) is 12.4 Å². The van der Waals surface area contributed by atoms with Crippen LogP contribution in [0.2, 0.25) is 5.02 Å². The molecule has 0 radical (unpaired) electrons. The highest BCUT2D eigenvalue weighted by Crippen LogP contribution is 2.33. The molecule has 0 aliphatic carbocycles. The summed E-state index contributed by atoms with van der Waals surface area (Å²) in [7, 11) is 1.46. The van der Waals surface area contributed by atoms with Crippen LogP contribution in [0.5, 0.6) is 5.75 Å². The molecular weight excluding hydrogens is 502 g/mol. The number of nitriles is 1. The van der Waals surface area contributed by atoms with Gasteiger partial charge in [-0.1, -0.05) is 18.5 Å². The number of methoxy groups -OCH3 is 1. The lowest BCUT2D eigenvalue weighted by atomic mass is 10.00. The summed E-state index contributed by atoms with van der Waals surface area (Å²) in [6.07, 6.45) is 1.84. The fraction of sp³-hybridized carbons (Fsp3) is 0.200. The minimum Gasteiger partial charge on any atom is -0.495 e. The Morgan fingerprint density at radius 2 is 2.06 bits per heavy atom. The van der Waals surface area contributed by atoms with E-state index in [0.717, 1.165) is 5.56 Å². The molecule has 0 bridgehead atoms. The maximum atomic E-state index is 13.1. The van der Waals surface area contributed by atoms with E-state index < -0.39 is 17.2 Å². The molecule has 36 heavy (non-hydrogen) atoms. The molecule has 9 nitrogen and oxygen atoms in total. The van der Waals surface area contributed by atoms with E-state index in [2.05, 4.69) is 34.5 Å². The van der Waals surface area contributed by atoms with Crippen LogP contribution in [-0.2, 0) is 9.63 Å². The number of halogens is 1. The first kappa shape index (κ1) is 25.3. The predicted molar refractivity (Wildman–Crippen MR) is 140 cm³/mol. The molecule has 0 saturated heterocycles. The number of pyridine rings is 1. The van der Waals surface area contributed by atoms with E-state index in [1.54, 1.807) is 42.5 Å². The predicted octanol–water partition coefficient (Wildman–Crippen LogP) is 4.13. The van der Waals surface area contributed by atoms with E-state index in [1.807, 2.05) is 6.92 Å². The van der Waals surface area contributed by atoms with Gasteiger partial charge in [-0.2, -0.15) is 5.26 Å². The molecule has 2 unspecified atom stereocenters. The second-order valence-corrected chi connectivity index (χ2v) is 8.70. The van der Waals surface area contributed by atoms with Gasteiger partial charge in [0.25, 0.3) is 5.56 Å². The second kappa shape index (κ2) is 10.9. The van der Waals surface area contributed by atoms with Gasteiger partial charge in [-0.25, -0.2) is 15.3 Å². The van der Waals surface area contributed by atoms with Gasteiger partial charge < -0.3 is 10.1 Å². The van der Waals surface area contributed by atoms with Crippen molar-refractivity contribution in [1.29, 1.82) is 5.26 Å². The number of aliphatic imine (C=N–C) groups is 1. The summed E-state index contributed by atoms with van der Waals surface area (Å²) in [6.45, 7) is 1.81. The molecule has 1 aromatic heterocycles. The molecule has 0 fully saturated rings. The van der Waals surface area contributed by atoms with Gasteiger partial charge in [-0.15, -0.1) is 12.6 Å². The molecule has 0 spiro atoms. The topological polar surface area (TPSA) is 118 Å². The Hall–Kier alpha value is -3.78. The number of rotatable bonds is 7. The molecule has 4 rings (SSSR count). The van der Waals surface area contributed by atoms with Crippen molar-refractivity contribution in [3.8, 4) is 22.9 Å². The molecule has 2 atom stereocenters. The summed E-state index contributed by atoms with van der Waals surface area (Å²) in [5.41, 5.74) is 4.25. The quantitative estimate of drug-likeness (QED) is 0.401. The molecular formula is C25H22ClN5O4S. The molecule has 0 saturated carbocycles. The second-order valence-electron chi connectivity index (χ2n) is 7.82. The van der Waals surface area contributed by atoms with Gasteiger partial charge in [0, 0.05) is 33.5 Å². The van der Waals surface area contributed by atoms with Gasteiger partial charge in [-0.3, -0.25) is 14.2 Å². The normalized spacial score (nSPS) is 15.4. The van der Waals surface area contributed by atoms with Crippen molar-refractivity contribution in [3.63, 3.8) is 0 Å². The molecule has 1 amide bonds. The Bertz CT molecular complexity index is 1430. The molecule has 2 heterocycles. The number of nitrogens with zero attached hydrogens (tertiary/aromatic N) is 3. The van der Waals surface area contributed by atoms with Crippen LogP contribution in [0.1, 0.15) is 30.5 Å². The van der Waals surface area contributed by atoms with E-state index in [9.17, 15) is 14.9 Å². The molecule has 1 aliphatic rings. The largest absolute Gasteiger partial charge is 0.495 e.